The smallest absolute Gasteiger partial charge is 0.233 e. The number of aromatic amines is 1. The Morgan fingerprint density at radius 3 is 2.52 bits per heavy atom. The maximum Gasteiger partial charge on any atom is 0.233 e. The fourth-order valence-corrected chi connectivity index (χ4v) is 4.84. The van der Waals surface area contributed by atoms with Gasteiger partial charge in [0.1, 0.15) is 0 Å². The Balaban J connectivity index is 1.41. The monoisotopic (exact) mass is 386 g/mol. The summed E-state index contributed by atoms with van der Waals surface area (Å²) in [6, 6.07) is 18.7. The number of benzene rings is 2. The molecule has 4 heteroatoms. The molecule has 0 saturated carbocycles. The van der Waals surface area contributed by atoms with Crippen LogP contribution in [-0.4, -0.2) is 42.1 Å². The highest BCUT2D eigenvalue weighted by Crippen LogP contribution is 2.38. The lowest BCUT2D eigenvalue weighted by Crippen LogP contribution is -2.51. The molecule has 2 aliphatic rings. The van der Waals surface area contributed by atoms with Crippen molar-refractivity contribution in [3.63, 3.8) is 0 Å². The van der Waals surface area contributed by atoms with Gasteiger partial charge in [0.15, 0.2) is 0 Å². The van der Waals surface area contributed by atoms with Crippen LogP contribution < -0.4 is 0 Å². The zero-order valence-corrected chi connectivity index (χ0v) is 16.6. The van der Waals surface area contributed by atoms with Crippen molar-refractivity contribution in [2.45, 2.75) is 24.7 Å². The molecule has 5 rings (SSSR count). The Hall–Kier alpha value is -2.85. The van der Waals surface area contributed by atoms with Crippen LogP contribution in [0.4, 0.5) is 0 Å². The first-order valence-electron chi connectivity index (χ1n) is 10.5. The van der Waals surface area contributed by atoms with Crippen LogP contribution in [0.3, 0.4) is 0 Å². The average Bonchev–Trinajstić information content (AvgIpc) is 3.24. The summed E-state index contributed by atoms with van der Waals surface area (Å²) in [5.41, 5.74) is 4.42. The van der Waals surface area contributed by atoms with Crippen LogP contribution in [0.15, 0.2) is 66.9 Å². The third kappa shape index (κ3) is 3.18. The molecule has 1 fully saturated rings. The van der Waals surface area contributed by atoms with Gasteiger partial charge in [-0.1, -0.05) is 54.6 Å². The molecule has 0 bridgehead atoms. The predicted molar refractivity (Wildman–Crippen MR) is 116 cm³/mol. The lowest BCUT2D eigenvalue weighted by atomic mass is 9.72. The van der Waals surface area contributed by atoms with E-state index in [1.807, 2.05) is 23.1 Å². The summed E-state index contributed by atoms with van der Waals surface area (Å²) in [6.45, 7) is 2.72. The molecule has 4 nitrogen and oxygen atoms in total. The standard InChI is InChI=1S/C25H26N2O2/c28-24(25(12-16-29-17-13-25)20-6-2-1-3-7-20)27-14-10-19(11-15-27)22-18-26-23-9-5-4-8-21(22)23/h1-10,18,26H,11-17H2. The Bertz CT molecular complexity index is 1040. The van der Waals surface area contributed by atoms with Gasteiger partial charge in [-0.3, -0.25) is 4.79 Å². The van der Waals surface area contributed by atoms with Crippen LogP contribution in [0.25, 0.3) is 16.5 Å². The van der Waals surface area contributed by atoms with Gasteiger partial charge in [0.25, 0.3) is 0 Å². The number of aromatic nitrogens is 1. The topological polar surface area (TPSA) is 45.3 Å². The van der Waals surface area contributed by atoms with Crippen molar-refractivity contribution in [2.24, 2.45) is 0 Å². The van der Waals surface area contributed by atoms with Crippen LogP contribution >= 0.6 is 0 Å². The molecule has 2 aromatic carbocycles. The molecule has 2 aliphatic heterocycles. The van der Waals surface area contributed by atoms with Gasteiger partial charge in [0, 0.05) is 49.0 Å². The molecular weight excluding hydrogens is 360 g/mol. The molecule has 148 valence electrons. The first-order valence-corrected chi connectivity index (χ1v) is 10.5. The Morgan fingerprint density at radius 2 is 1.76 bits per heavy atom. The number of carbonyl (C=O) groups excluding carboxylic acids is 1. The molecule has 1 N–H and O–H groups in total. The molecule has 0 aliphatic carbocycles. The van der Waals surface area contributed by atoms with E-state index in [2.05, 4.69) is 53.7 Å². The minimum atomic E-state index is -0.453. The molecular formula is C25H26N2O2. The lowest BCUT2D eigenvalue weighted by molar-refractivity contribution is -0.141. The van der Waals surface area contributed by atoms with Gasteiger partial charge in [-0.25, -0.2) is 0 Å². The molecule has 0 atom stereocenters. The molecule has 3 aromatic rings. The predicted octanol–water partition coefficient (Wildman–Crippen LogP) is 4.53. The van der Waals surface area contributed by atoms with E-state index in [0.717, 1.165) is 36.9 Å². The molecule has 0 unspecified atom stereocenters. The largest absolute Gasteiger partial charge is 0.381 e. The van der Waals surface area contributed by atoms with Crippen molar-refractivity contribution in [2.75, 3.05) is 26.3 Å². The Labute approximate surface area is 171 Å². The van der Waals surface area contributed by atoms with Crippen LogP contribution in [0, 0.1) is 0 Å². The molecule has 1 aromatic heterocycles. The molecule has 29 heavy (non-hydrogen) atoms. The van der Waals surface area contributed by atoms with Crippen LogP contribution in [-0.2, 0) is 14.9 Å². The number of H-pyrrole nitrogens is 1. The lowest BCUT2D eigenvalue weighted by Gasteiger charge is -2.41. The zero-order chi connectivity index (χ0) is 19.7. The minimum absolute atomic E-state index is 0.251. The van der Waals surface area contributed by atoms with Gasteiger partial charge in [-0.15, -0.1) is 0 Å². The molecule has 1 saturated heterocycles. The van der Waals surface area contributed by atoms with Gasteiger partial charge >= 0.3 is 0 Å². The van der Waals surface area contributed by atoms with Crippen molar-refractivity contribution >= 4 is 22.4 Å². The minimum Gasteiger partial charge on any atom is -0.381 e. The van der Waals surface area contributed by atoms with E-state index in [4.69, 9.17) is 4.74 Å². The highest BCUT2D eigenvalue weighted by atomic mass is 16.5. The van der Waals surface area contributed by atoms with Crippen molar-refractivity contribution in [3.05, 3.63) is 78.0 Å². The zero-order valence-electron chi connectivity index (χ0n) is 16.6. The Morgan fingerprint density at radius 1 is 1.00 bits per heavy atom. The van der Waals surface area contributed by atoms with E-state index in [9.17, 15) is 4.79 Å². The second-order valence-electron chi connectivity index (χ2n) is 8.04. The number of nitrogens with one attached hydrogen (secondary N) is 1. The van der Waals surface area contributed by atoms with Crippen molar-refractivity contribution in [1.82, 2.24) is 9.88 Å². The van der Waals surface area contributed by atoms with Crippen molar-refractivity contribution in [1.29, 1.82) is 0 Å². The summed E-state index contributed by atoms with van der Waals surface area (Å²) in [5, 5.41) is 1.25. The number of para-hydroxylation sites is 1. The quantitative estimate of drug-likeness (QED) is 0.719. The second kappa shape index (κ2) is 7.53. The average molecular weight is 386 g/mol. The third-order valence-electron chi connectivity index (χ3n) is 6.51. The normalized spacial score (nSPS) is 19.2. The first-order chi connectivity index (χ1) is 14.3. The molecule has 0 radical (unpaired) electrons. The number of hydrogen-bond acceptors (Lipinski definition) is 2. The van der Waals surface area contributed by atoms with E-state index in [1.54, 1.807) is 0 Å². The second-order valence-corrected chi connectivity index (χ2v) is 8.04. The molecule has 0 spiro atoms. The van der Waals surface area contributed by atoms with Crippen LogP contribution in [0.5, 0.6) is 0 Å². The highest BCUT2D eigenvalue weighted by molar-refractivity contribution is 5.94. The number of nitrogens with zero attached hydrogens (tertiary/aromatic N) is 1. The summed E-state index contributed by atoms with van der Waals surface area (Å²) in [6.07, 6.45) is 6.72. The van der Waals surface area contributed by atoms with Gasteiger partial charge in [0.2, 0.25) is 5.91 Å². The summed E-state index contributed by atoms with van der Waals surface area (Å²) < 4.78 is 5.60. The Kier molecular flexibility index (Phi) is 4.72. The highest BCUT2D eigenvalue weighted by Gasteiger charge is 2.44. The number of carbonyl (C=O) groups is 1. The maximum absolute atomic E-state index is 13.7. The number of amides is 1. The van der Waals surface area contributed by atoms with Gasteiger partial charge < -0.3 is 14.6 Å². The third-order valence-corrected chi connectivity index (χ3v) is 6.51. The summed E-state index contributed by atoms with van der Waals surface area (Å²) in [5.74, 6) is 0.251. The van der Waals surface area contributed by atoms with E-state index >= 15 is 0 Å². The van der Waals surface area contributed by atoms with Crippen molar-refractivity contribution < 1.29 is 9.53 Å². The SMILES string of the molecule is O=C(N1CC=C(c2c[nH]c3ccccc23)CC1)C1(c2ccccc2)CCOCC1. The van der Waals surface area contributed by atoms with Crippen LogP contribution in [0.1, 0.15) is 30.4 Å². The maximum atomic E-state index is 13.7. The number of ether oxygens (including phenoxy) is 1. The van der Waals surface area contributed by atoms with E-state index in [-0.39, 0.29) is 5.91 Å². The van der Waals surface area contributed by atoms with Gasteiger partial charge in [0.05, 0.1) is 5.41 Å². The van der Waals surface area contributed by atoms with E-state index < -0.39 is 5.41 Å². The fourth-order valence-electron chi connectivity index (χ4n) is 4.84. The molecule has 1 amide bonds. The van der Waals surface area contributed by atoms with Gasteiger partial charge in [-0.05, 0) is 36.5 Å². The van der Waals surface area contributed by atoms with Gasteiger partial charge in [-0.2, -0.15) is 0 Å². The number of fused-ring (bicyclic) bond motifs is 1. The van der Waals surface area contributed by atoms with E-state index in [0.29, 0.717) is 19.8 Å². The summed E-state index contributed by atoms with van der Waals surface area (Å²) in [4.78, 5) is 19.1. The van der Waals surface area contributed by atoms with Crippen LogP contribution in [0.2, 0.25) is 0 Å². The summed E-state index contributed by atoms with van der Waals surface area (Å²) >= 11 is 0. The van der Waals surface area contributed by atoms with Crippen molar-refractivity contribution in [3.8, 4) is 0 Å². The number of hydrogen-bond donors (Lipinski definition) is 1. The first kappa shape index (κ1) is 18.2. The number of rotatable bonds is 3. The van der Waals surface area contributed by atoms with E-state index in [1.165, 1.54) is 16.5 Å². The summed E-state index contributed by atoms with van der Waals surface area (Å²) in [7, 11) is 0. The molecule has 3 heterocycles. The fraction of sp³-hybridized carbons (Fsp3) is 0.320.